The Balaban J connectivity index is 1.19. The number of aromatic nitrogens is 3. The second kappa shape index (κ2) is 11.6. The van der Waals surface area contributed by atoms with Gasteiger partial charge in [0.25, 0.3) is 0 Å². The van der Waals surface area contributed by atoms with E-state index in [1.54, 1.807) is 13.3 Å². The lowest BCUT2D eigenvalue weighted by Gasteiger charge is -2.08. The number of carbonyl (C=O) groups excluding carboxylic acids is 1. The number of ether oxygens (including phenoxy) is 2. The van der Waals surface area contributed by atoms with E-state index in [-0.39, 0.29) is 5.91 Å². The molecule has 0 fully saturated rings. The number of nitrogens with zero attached hydrogens (tertiary/aromatic N) is 3. The molecule has 8 heteroatoms. The normalized spacial score (nSPS) is 10.6. The van der Waals surface area contributed by atoms with Crippen LogP contribution in [0.15, 0.2) is 77.4 Å². The van der Waals surface area contributed by atoms with E-state index in [0.717, 1.165) is 22.4 Å². The summed E-state index contributed by atoms with van der Waals surface area (Å²) in [5.41, 5.74) is 2.84. The summed E-state index contributed by atoms with van der Waals surface area (Å²) in [7, 11) is 1.62. The van der Waals surface area contributed by atoms with Crippen molar-refractivity contribution >= 4 is 5.91 Å². The maximum absolute atomic E-state index is 12.3. The lowest BCUT2D eigenvalue weighted by Crippen LogP contribution is -2.22. The van der Waals surface area contributed by atoms with E-state index in [9.17, 15) is 4.79 Å². The molecular formula is C26H26N4O4. The number of hydrogen-bond acceptors (Lipinski definition) is 7. The lowest BCUT2D eigenvalue weighted by atomic mass is 10.2. The Bertz CT molecular complexity index is 1190. The van der Waals surface area contributed by atoms with Gasteiger partial charge in [-0.1, -0.05) is 35.5 Å². The fourth-order valence-corrected chi connectivity index (χ4v) is 3.27. The topological polar surface area (TPSA) is 99.4 Å². The number of hydrogen-bond donors (Lipinski definition) is 1. The van der Waals surface area contributed by atoms with E-state index in [2.05, 4.69) is 20.4 Å². The molecule has 8 nitrogen and oxygen atoms in total. The molecule has 1 amide bonds. The summed E-state index contributed by atoms with van der Waals surface area (Å²) in [6, 6.07) is 21.0. The maximum Gasteiger partial charge on any atom is 0.226 e. The Hall–Kier alpha value is -4.20. The SMILES string of the molecule is COc1ccc(-c2noc(CCCC(=O)NCc3ccnc(OCc4ccccc4)c3)n2)cc1. The fourth-order valence-electron chi connectivity index (χ4n) is 3.27. The zero-order valence-electron chi connectivity index (χ0n) is 18.9. The van der Waals surface area contributed by atoms with Crippen molar-refractivity contribution in [2.24, 2.45) is 0 Å². The van der Waals surface area contributed by atoms with Gasteiger partial charge in [-0.2, -0.15) is 4.98 Å². The summed E-state index contributed by atoms with van der Waals surface area (Å²) < 4.78 is 16.2. The Morgan fingerprint density at radius 3 is 2.65 bits per heavy atom. The Labute approximate surface area is 198 Å². The summed E-state index contributed by atoms with van der Waals surface area (Å²) in [5, 5.41) is 6.94. The van der Waals surface area contributed by atoms with Crippen LogP contribution in [0.25, 0.3) is 11.4 Å². The average Bonchev–Trinajstić information content (AvgIpc) is 3.36. The molecule has 0 radical (unpaired) electrons. The van der Waals surface area contributed by atoms with Crippen molar-refractivity contribution < 1.29 is 18.8 Å². The number of carbonyl (C=O) groups is 1. The van der Waals surface area contributed by atoms with Crippen molar-refractivity contribution in [3.63, 3.8) is 0 Å². The molecule has 34 heavy (non-hydrogen) atoms. The molecule has 0 saturated carbocycles. The molecule has 0 aliphatic heterocycles. The standard InChI is InChI=1S/C26H26N4O4/c1-32-22-12-10-21(11-13-22)26-29-24(34-30-26)9-5-8-23(31)28-17-20-14-15-27-25(16-20)33-18-19-6-3-2-4-7-19/h2-4,6-7,10-16H,5,8-9,17-18H2,1H3,(H,28,31). The predicted molar refractivity (Wildman–Crippen MR) is 126 cm³/mol. The molecule has 0 aliphatic rings. The Morgan fingerprint density at radius 1 is 1.03 bits per heavy atom. The van der Waals surface area contributed by atoms with Gasteiger partial charge < -0.3 is 19.3 Å². The number of methoxy groups -OCH3 is 1. The highest BCUT2D eigenvalue weighted by atomic mass is 16.5. The lowest BCUT2D eigenvalue weighted by molar-refractivity contribution is -0.121. The smallest absolute Gasteiger partial charge is 0.226 e. The van der Waals surface area contributed by atoms with Gasteiger partial charge in [0, 0.05) is 37.2 Å². The van der Waals surface area contributed by atoms with Gasteiger partial charge in [0.1, 0.15) is 12.4 Å². The number of nitrogens with one attached hydrogen (secondary N) is 1. The quantitative estimate of drug-likeness (QED) is 0.356. The molecule has 4 aromatic rings. The van der Waals surface area contributed by atoms with E-state index < -0.39 is 0 Å². The molecule has 2 aromatic carbocycles. The minimum absolute atomic E-state index is 0.0431. The number of amides is 1. The maximum atomic E-state index is 12.3. The van der Waals surface area contributed by atoms with Crippen LogP contribution in [0.5, 0.6) is 11.6 Å². The monoisotopic (exact) mass is 458 g/mol. The second-order valence-corrected chi connectivity index (χ2v) is 7.65. The van der Waals surface area contributed by atoms with Crippen LogP contribution in [0.4, 0.5) is 0 Å². The number of aryl methyl sites for hydroxylation is 1. The van der Waals surface area contributed by atoms with E-state index in [1.165, 1.54) is 0 Å². The van der Waals surface area contributed by atoms with Crippen LogP contribution in [0.3, 0.4) is 0 Å². The van der Waals surface area contributed by atoms with Crippen LogP contribution in [0.2, 0.25) is 0 Å². The van der Waals surface area contributed by atoms with Crippen LogP contribution in [0.1, 0.15) is 29.9 Å². The van der Waals surface area contributed by atoms with Crippen molar-refractivity contribution in [1.29, 1.82) is 0 Å². The van der Waals surface area contributed by atoms with E-state index in [4.69, 9.17) is 14.0 Å². The van der Waals surface area contributed by atoms with Crippen molar-refractivity contribution in [2.45, 2.75) is 32.4 Å². The summed E-state index contributed by atoms with van der Waals surface area (Å²) in [6.45, 7) is 0.852. The number of pyridine rings is 1. The third-order valence-electron chi connectivity index (χ3n) is 5.13. The van der Waals surface area contributed by atoms with Crippen molar-refractivity contribution in [3.8, 4) is 23.0 Å². The molecule has 174 valence electrons. The van der Waals surface area contributed by atoms with Crippen molar-refractivity contribution in [1.82, 2.24) is 20.4 Å². The second-order valence-electron chi connectivity index (χ2n) is 7.65. The van der Waals surface area contributed by atoms with Gasteiger partial charge in [-0.05, 0) is 47.9 Å². The van der Waals surface area contributed by atoms with Crippen LogP contribution < -0.4 is 14.8 Å². The zero-order chi connectivity index (χ0) is 23.6. The summed E-state index contributed by atoms with van der Waals surface area (Å²) in [5.74, 6) is 2.28. The highest BCUT2D eigenvalue weighted by Gasteiger charge is 2.10. The zero-order valence-corrected chi connectivity index (χ0v) is 18.9. The van der Waals surface area contributed by atoms with E-state index in [0.29, 0.717) is 50.0 Å². The number of benzene rings is 2. The largest absolute Gasteiger partial charge is 0.497 e. The van der Waals surface area contributed by atoms with E-state index >= 15 is 0 Å². The van der Waals surface area contributed by atoms with Crippen molar-refractivity contribution in [2.75, 3.05) is 7.11 Å². The highest BCUT2D eigenvalue weighted by Crippen LogP contribution is 2.20. The number of rotatable bonds is 11. The van der Waals surface area contributed by atoms with Crippen LogP contribution >= 0.6 is 0 Å². The molecule has 2 aromatic heterocycles. The average molecular weight is 459 g/mol. The molecule has 0 bridgehead atoms. The summed E-state index contributed by atoms with van der Waals surface area (Å²) >= 11 is 0. The third-order valence-corrected chi connectivity index (χ3v) is 5.13. The third kappa shape index (κ3) is 6.65. The van der Waals surface area contributed by atoms with Crippen LogP contribution in [-0.2, 0) is 24.4 Å². The van der Waals surface area contributed by atoms with E-state index in [1.807, 2.05) is 66.7 Å². The van der Waals surface area contributed by atoms with Gasteiger partial charge in [-0.25, -0.2) is 4.98 Å². The van der Waals surface area contributed by atoms with Gasteiger partial charge in [0.15, 0.2) is 0 Å². The molecule has 0 atom stereocenters. The van der Waals surface area contributed by atoms with Gasteiger partial charge in [-0.3, -0.25) is 4.79 Å². The molecule has 0 spiro atoms. The molecule has 1 N–H and O–H groups in total. The molecule has 4 rings (SSSR count). The Morgan fingerprint density at radius 2 is 1.85 bits per heavy atom. The van der Waals surface area contributed by atoms with Crippen LogP contribution in [0, 0.1) is 0 Å². The molecular weight excluding hydrogens is 432 g/mol. The van der Waals surface area contributed by atoms with Gasteiger partial charge >= 0.3 is 0 Å². The first-order chi connectivity index (χ1) is 16.7. The fraction of sp³-hybridized carbons (Fsp3) is 0.231. The first-order valence-electron chi connectivity index (χ1n) is 11.0. The van der Waals surface area contributed by atoms with Gasteiger partial charge in [0.05, 0.1) is 7.11 Å². The minimum atomic E-state index is -0.0431. The molecule has 0 unspecified atom stereocenters. The predicted octanol–water partition coefficient (Wildman–Crippen LogP) is 4.36. The first kappa shape index (κ1) is 23.0. The van der Waals surface area contributed by atoms with Crippen molar-refractivity contribution in [3.05, 3.63) is 89.9 Å². The Kier molecular flexibility index (Phi) is 7.84. The highest BCUT2D eigenvalue weighted by molar-refractivity contribution is 5.75. The first-order valence-corrected chi connectivity index (χ1v) is 11.0. The van der Waals surface area contributed by atoms with Gasteiger partial charge in [-0.15, -0.1) is 0 Å². The molecule has 0 saturated heterocycles. The molecule has 0 aliphatic carbocycles. The summed E-state index contributed by atoms with van der Waals surface area (Å²) in [4.78, 5) is 20.9. The molecule has 2 heterocycles. The minimum Gasteiger partial charge on any atom is -0.497 e. The van der Waals surface area contributed by atoms with Gasteiger partial charge in [0.2, 0.25) is 23.5 Å². The van der Waals surface area contributed by atoms with Crippen LogP contribution in [-0.4, -0.2) is 28.1 Å². The summed E-state index contributed by atoms with van der Waals surface area (Å²) in [6.07, 6.45) is 3.18.